The largest absolute Gasteiger partial charge is 0.481 e. The molecule has 1 fully saturated rings. The molecule has 1 aliphatic carbocycles. The minimum absolute atomic E-state index is 0.0642. The minimum atomic E-state index is -0.831. The SMILES string of the molecule is CCN(CC)C(=O)CN(C)C(=O)C1CCC(C(=O)O)C1. The van der Waals surface area contributed by atoms with E-state index in [9.17, 15) is 14.4 Å². The van der Waals surface area contributed by atoms with Crippen LogP contribution in [-0.2, 0) is 14.4 Å². The summed E-state index contributed by atoms with van der Waals surface area (Å²) >= 11 is 0. The maximum absolute atomic E-state index is 12.2. The molecule has 0 aromatic heterocycles. The normalized spacial score (nSPS) is 21.6. The number of hydrogen-bond acceptors (Lipinski definition) is 3. The van der Waals surface area contributed by atoms with Gasteiger partial charge in [0.15, 0.2) is 0 Å². The van der Waals surface area contributed by atoms with Crippen LogP contribution >= 0.6 is 0 Å². The summed E-state index contributed by atoms with van der Waals surface area (Å²) in [6.45, 7) is 5.12. The molecule has 6 heteroatoms. The molecular formula is C14H24N2O4. The van der Waals surface area contributed by atoms with Gasteiger partial charge in [0.05, 0.1) is 12.5 Å². The summed E-state index contributed by atoms with van der Waals surface area (Å²) in [5, 5.41) is 8.95. The highest BCUT2D eigenvalue weighted by Crippen LogP contribution is 2.32. The van der Waals surface area contributed by atoms with Gasteiger partial charge in [-0.05, 0) is 33.1 Å². The van der Waals surface area contributed by atoms with Crippen molar-refractivity contribution in [1.82, 2.24) is 9.80 Å². The van der Waals surface area contributed by atoms with E-state index in [2.05, 4.69) is 0 Å². The Bertz CT molecular complexity index is 379. The van der Waals surface area contributed by atoms with Crippen LogP contribution in [0.2, 0.25) is 0 Å². The van der Waals surface area contributed by atoms with Crippen LogP contribution in [0.4, 0.5) is 0 Å². The van der Waals surface area contributed by atoms with Crippen LogP contribution in [0, 0.1) is 11.8 Å². The zero-order chi connectivity index (χ0) is 15.3. The first kappa shape index (κ1) is 16.5. The fourth-order valence-corrected chi connectivity index (χ4v) is 2.70. The van der Waals surface area contributed by atoms with Gasteiger partial charge in [-0.15, -0.1) is 0 Å². The number of carbonyl (C=O) groups excluding carboxylic acids is 2. The third-order valence-corrected chi connectivity index (χ3v) is 4.00. The lowest BCUT2D eigenvalue weighted by atomic mass is 10.0. The van der Waals surface area contributed by atoms with E-state index in [0.29, 0.717) is 32.4 Å². The van der Waals surface area contributed by atoms with Crippen LogP contribution in [0.1, 0.15) is 33.1 Å². The number of rotatable bonds is 6. The molecule has 0 aromatic rings. The molecule has 114 valence electrons. The van der Waals surface area contributed by atoms with Gasteiger partial charge >= 0.3 is 5.97 Å². The summed E-state index contributed by atoms with van der Waals surface area (Å²) in [6, 6.07) is 0. The van der Waals surface area contributed by atoms with Crippen LogP contribution in [-0.4, -0.2) is 59.4 Å². The Balaban J connectivity index is 2.51. The Morgan fingerprint density at radius 1 is 1.10 bits per heavy atom. The predicted octanol–water partition coefficient (Wildman–Crippen LogP) is 0.814. The van der Waals surface area contributed by atoms with Gasteiger partial charge in [0.25, 0.3) is 0 Å². The van der Waals surface area contributed by atoms with Gasteiger partial charge in [0.1, 0.15) is 0 Å². The Morgan fingerprint density at radius 2 is 1.65 bits per heavy atom. The number of carboxylic acids is 1. The quantitative estimate of drug-likeness (QED) is 0.783. The number of carbonyl (C=O) groups is 3. The summed E-state index contributed by atoms with van der Waals surface area (Å²) in [5.41, 5.74) is 0. The van der Waals surface area contributed by atoms with Crippen molar-refractivity contribution in [2.45, 2.75) is 33.1 Å². The van der Waals surface area contributed by atoms with Crippen molar-refractivity contribution < 1.29 is 19.5 Å². The van der Waals surface area contributed by atoms with E-state index in [4.69, 9.17) is 5.11 Å². The minimum Gasteiger partial charge on any atom is -0.481 e. The smallest absolute Gasteiger partial charge is 0.306 e. The van der Waals surface area contributed by atoms with E-state index >= 15 is 0 Å². The van der Waals surface area contributed by atoms with Crippen molar-refractivity contribution in [2.24, 2.45) is 11.8 Å². The molecule has 0 saturated heterocycles. The molecule has 0 radical (unpaired) electrons. The van der Waals surface area contributed by atoms with Crippen molar-refractivity contribution in [1.29, 1.82) is 0 Å². The number of nitrogens with zero attached hydrogens (tertiary/aromatic N) is 2. The second-order valence-electron chi connectivity index (χ2n) is 5.31. The molecule has 1 rings (SSSR count). The van der Waals surface area contributed by atoms with Crippen LogP contribution in [0.25, 0.3) is 0 Å². The molecule has 0 heterocycles. The molecule has 0 aromatic carbocycles. The Morgan fingerprint density at radius 3 is 2.10 bits per heavy atom. The maximum atomic E-state index is 12.2. The van der Waals surface area contributed by atoms with Gasteiger partial charge in [0, 0.05) is 26.1 Å². The van der Waals surface area contributed by atoms with Crippen molar-refractivity contribution >= 4 is 17.8 Å². The summed E-state index contributed by atoms with van der Waals surface area (Å²) in [5.74, 6) is -1.70. The molecule has 2 unspecified atom stereocenters. The molecule has 20 heavy (non-hydrogen) atoms. The number of carboxylic acid groups (broad SMARTS) is 1. The third-order valence-electron chi connectivity index (χ3n) is 4.00. The molecule has 0 spiro atoms. The second-order valence-corrected chi connectivity index (χ2v) is 5.31. The van der Waals surface area contributed by atoms with E-state index in [0.717, 1.165) is 0 Å². The summed E-state index contributed by atoms with van der Waals surface area (Å²) in [7, 11) is 1.61. The van der Waals surface area contributed by atoms with Gasteiger partial charge in [-0.25, -0.2) is 0 Å². The van der Waals surface area contributed by atoms with E-state index in [1.807, 2.05) is 13.8 Å². The first-order valence-electron chi connectivity index (χ1n) is 7.16. The number of hydrogen-bond donors (Lipinski definition) is 1. The Labute approximate surface area is 119 Å². The van der Waals surface area contributed by atoms with E-state index in [1.54, 1.807) is 11.9 Å². The van der Waals surface area contributed by atoms with Crippen molar-refractivity contribution in [3.05, 3.63) is 0 Å². The van der Waals surface area contributed by atoms with Crippen LogP contribution < -0.4 is 0 Å². The second kappa shape index (κ2) is 7.26. The highest BCUT2D eigenvalue weighted by atomic mass is 16.4. The molecule has 0 aliphatic heterocycles. The Kier molecular flexibility index (Phi) is 5.98. The third kappa shape index (κ3) is 3.95. The van der Waals surface area contributed by atoms with Gasteiger partial charge < -0.3 is 14.9 Å². The van der Waals surface area contributed by atoms with E-state index < -0.39 is 11.9 Å². The van der Waals surface area contributed by atoms with Gasteiger partial charge in [-0.3, -0.25) is 14.4 Å². The van der Waals surface area contributed by atoms with E-state index in [-0.39, 0.29) is 24.3 Å². The lowest BCUT2D eigenvalue weighted by Crippen LogP contribution is -2.42. The molecular weight excluding hydrogens is 260 g/mol. The van der Waals surface area contributed by atoms with Crippen molar-refractivity contribution in [3.63, 3.8) is 0 Å². The number of likely N-dealkylation sites (N-methyl/N-ethyl adjacent to an activating group) is 2. The number of amides is 2. The molecule has 6 nitrogen and oxygen atoms in total. The van der Waals surface area contributed by atoms with Crippen molar-refractivity contribution in [2.75, 3.05) is 26.7 Å². The molecule has 2 atom stereocenters. The van der Waals surface area contributed by atoms with Gasteiger partial charge in [-0.2, -0.15) is 0 Å². The summed E-state index contributed by atoms with van der Waals surface area (Å²) < 4.78 is 0. The molecule has 0 bridgehead atoms. The molecule has 1 N–H and O–H groups in total. The Hall–Kier alpha value is -1.59. The lowest BCUT2D eigenvalue weighted by Gasteiger charge is -2.25. The highest BCUT2D eigenvalue weighted by Gasteiger charge is 2.35. The van der Waals surface area contributed by atoms with Crippen LogP contribution in [0.3, 0.4) is 0 Å². The highest BCUT2D eigenvalue weighted by molar-refractivity contribution is 5.86. The first-order chi connectivity index (χ1) is 9.40. The monoisotopic (exact) mass is 284 g/mol. The topological polar surface area (TPSA) is 77.9 Å². The predicted molar refractivity (Wildman–Crippen MR) is 74.0 cm³/mol. The van der Waals surface area contributed by atoms with E-state index in [1.165, 1.54) is 4.90 Å². The standard InChI is InChI=1S/C14H24N2O4/c1-4-16(5-2)12(17)9-15(3)13(18)10-6-7-11(8-10)14(19)20/h10-11H,4-9H2,1-3H3,(H,19,20). The zero-order valence-electron chi connectivity index (χ0n) is 12.5. The van der Waals surface area contributed by atoms with Gasteiger partial charge in [-0.1, -0.05) is 0 Å². The average Bonchev–Trinajstić information content (AvgIpc) is 2.88. The maximum Gasteiger partial charge on any atom is 0.306 e. The first-order valence-corrected chi connectivity index (χ1v) is 7.16. The molecule has 2 amide bonds. The lowest BCUT2D eigenvalue weighted by molar-refractivity contribution is -0.143. The van der Waals surface area contributed by atoms with Crippen molar-refractivity contribution in [3.8, 4) is 0 Å². The average molecular weight is 284 g/mol. The molecule has 1 aliphatic rings. The van der Waals surface area contributed by atoms with Crippen LogP contribution in [0.15, 0.2) is 0 Å². The fraction of sp³-hybridized carbons (Fsp3) is 0.786. The molecule has 1 saturated carbocycles. The zero-order valence-corrected chi connectivity index (χ0v) is 12.5. The summed E-state index contributed by atoms with van der Waals surface area (Å²) in [6.07, 6.45) is 1.53. The van der Waals surface area contributed by atoms with Gasteiger partial charge in [0.2, 0.25) is 11.8 Å². The number of aliphatic carboxylic acids is 1. The fourth-order valence-electron chi connectivity index (χ4n) is 2.70. The van der Waals surface area contributed by atoms with Crippen LogP contribution in [0.5, 0.6) is 0 Å². The summed E-state index contributed by atoms with van der Waals surface area (Å²) in [4.78, 5) is 38.2.